The molecule has 0 spiro atoms. The van der Waals surface area contributed by atoms with Gasteiger partial charge in [-0.05, 0) is 5.92 Å². The lowest BCUT2D eigenvalue weighted by molar-refractivity contribution is 0.125. The molecule has 0 saturated carbocycles. The lowest BCUT2D eigenvalue weighted by Gasteiger charge is -2.16. The van der Waals surface area contributed by atoms with Gasteiger partial charge in [0.1, 0.15) is 0 Å². The standard InChI is InChI=1S/C17H24N4O3/c1-11(2)14(22)10-19-17(23)18-9-12(3)16-20-15(21-24-16)13-7-5-4-6-8-13/h4-8,11-12,14,22H,9-10H2,1-3H3,(H2,18,19,23). The Hall–Kier alpha value is -2.41. The number of hydrogen-bond donors (Lipinski definition) is 3. The van der Waals surface area contributed by atoms with E-state index in [1.165, 1.54) is 0 Å². The number of aromatic nitrogens is 2. The highest BCUT2D eigenvalue weighted by Gasteiger charge is 2.16. The third kappa shape index (κ3) is 5.06. The molecular formula is C17H24N4O3. The van der Waals surface area contributed by atoms with Crippen LogP contribution in [-0.4, -0.2) is 40.5 Å². The first-order valence-corrected chi connectivity index (χ1v) is 8.06. The van der Waals surface area contributed by atoms with Crippen molar-refractivity contribution in [1.82, 2.24) is 20.8 Å². The minimum absolute atomic E-state index is 0.0963. The number of amides is 2. The van der Waals surface area contributed by atoms with Crippen molar-refractivity contribution in [2.24, 2.45) is 5.92 Å². The molecule has 24 heavy (non-hydrogen) atoms. The minimum Gasteiger partial charge on any atom is -0.391 e. The third-order valence-corrected chi connectivity index (χ3v) is 3.71. The smallest absolute Gasteiger partial charge is 0.314 e. The molecule has 0 aliphatic rings. The molecule has 0 bridgehead atoms. The lowest BCUT2D eigenvalue weighted by Crippen LogP contribution is -2.42. The molecule has 7 nitrogen and oxygen atoms in total. The number of carbonyl (C=O) groups excluding carboxylic acids is 1. The van der Waals surface area contributed by atoms with E-state index in [2.05, 4.69) is 20.8 Å². The molecular weight excluding hydrogens is 308 g/mol. The first-order chi connectivity index (χ1) is 11.5. The summed E-state index contributed by atoms with van der Waals surface area (Å²) in [5, 5.41) is 19.0. The molecule has 2 unspecified atom stereocenters. The van der Waals surface area contributed by atoms with E-state index in [0.29, 0.717) is 18.3 Å². The molecule has 0 radical (unpaired) electrons. The number of carbonyl (C=O) groups is 1. The second kappa shape index (κ2) is 8.44. The minimum atomic E-state index is -0.558. The van der Waals surface area contributed by atoms with Gasteiger partial charge in [-0.3, -0.25) is 0 Å². The summed E-state index contributed by atoms with van der Waals surface area (Å²) >= 11 is 0. The highest BCUT2D eigenvalue weighted by Crippen LogP contribution is 2.18. The third-order valence-electron chi connectivity index (χ3n) is 3.71. The van der Waals surface area contributed by atoms with Crippen molar-refractivity contribution in [2.45, 2.75) is 32.8 Å². The lowest BCUT2D eigenvalue weighted by atomic mass is 10.1. The zero-order valence-electron chi connectivity index (χ0n) is 14.2. The van der Waals surface area contributed by atoms with E-state index < -0.39 is 6.10 Å². The highest BCUT2D eigenvalue weighted by molar-refractivity contribution is 5.73. The number of nitrogens with one attached hydrogen (secondary N) is 2. The van der Waals surface area contributed by atoms with Gasteiger partial charge in [-0.25, -0.2) is 4.79 Å². The number of urea groups is 1. The Balaban J connectivity index is 1.82. The van der Waals surface area contributed by atoms with Crippen molar-refractivity contribution in [3.63, 3.8) is 0 Å². The summed E-state index contributed by atoms with van der Waals surface area (Å²) in [5.74, 6) is 0.980. The second-order valence-electron chi connectivity index (χ2n) is 6.13. The first-order valence-electron chi connectivity index (χ1n) is 8.06. The van der Waals surface area contributed by atoms with Crippen LogP contribution in [0.5, 0.6) is 0 Å². The van der Waals surface area contributed by atoms with Crippen LogP contribution >= 0.6 is 0 Å². The van der Waals surface area contributed by atoms with Crippen molar-refractivity contribution < 1.29 is 14.4 Å². The van der Waals surface area contributed by atoms with Crippen LogP contribution in [0.15, 0.2) is 34.9 Å². The zero-order valence-corrected chi connectivity index (χ0v) is 14.2. The average Bonchev–Trinajstić information content (AvgIpc) is 3.08. The molecule has 130 valence electrons. The number of hydrogen-bond acceptors (Lipinski definition) is 5. The van der Waals surface area contributed by atoms with Crippen LogP contribution in [0.4, 0.5) is 4.79 Å². The van der Waals surface area contributed by atoms with Gasteiger partial charge < -0.3 is 20.3 Å². The number of nitrogens with zero attached hydrogens (tertiary/aromatic N) is 2. The van der Waals surface area contributed by atoms with Gasteiger partial charge >= 0.3 is 6.03 Å². The van der Waals surface area contributed by atoms with Crippen molar-refractivity contribution in [3.8, 4) is 11.4 Å². The first kappa shape index (κ1) is 17.9. The van der Waals surface area contributed by atoms with E-state index in [-0.39, 0.29) is 24.4 Å². The summed E-state index contributed by atoms with van der Waals surface area (Å²) in [4.78, 5) is 16.1. The van der Waals surface area contributed by atoms with Crippen LogP contribution in [0.25, 0.3) is 11.4 Å². The number of benzene rings is 1. The van der Waals surface area contributed by atoms with Crippen molar-refractivity contribution >= 4 is 6.03 Å². The zero-order chi connectivity index (χ0) is 17.5. The molecule has 0 fully saturated rings. The molecule has 1 heterocycles. The van der Waals surface area contributed by atoms with Gasteiger partial charge in [-0.2, -0.15) is 4.98 Å². The Morgan fingerprint density at radius 1 is 1.17 bits per heavy atom. The average molecular weight is 332 g/mol. The number of aliphatic hydroxyl groups excluding tert-OH is 1. The Bertz CT molecular complexity index is 642. The molecule has 2 atom stereocenters. The molecule has 0 saturated heterocycles. The van der Waals surface area contributed by atoms with E-state index in [1.807, 2.05) is 51.1 Å². The summed E-state index contributed by atoms with van der Waals surface area (Å²) in [7, 11) is 0. The second-order valence-corrected chi connectivity index (χ2v) is 6.13. The van der Waals surface area contributed by atoms with Gasteiger partial charge in [0.25, 0.3) is 0 Å². The molecule has 0 aliphatic heterocycles. The van der Waals surface area contributed by atoms with Gasteiger partial charge in [-0.1, -0.05) is 56.3 Å². The topological polar surface area (TPSA) is 100 Å². The number of rotatable bonds is 7. The molecule has 1 aromatic heterocycles. The summed E-state index contributed by atoms with van der Waals surface area (Å²) < 4.78 is 5.27. The van der Waals surface area contributed by atoms with Gasteiger partial charge in [0.2, 0.25) is 11.7 Å². The highest BCUT2D eigenvalue weighted by atomic mass is 16.5. The summed E-state index contributed by atoms with van der Waals surface area (Å²) in [6.07, 6.45) is -0.558. The van der Waals surface area contributed by atoms with Gasteiger partial charge in [-0.15, -0.1) is 0 Å². The monoisotopic (exact) mass is 332 g/mol. The maximum Gasteiger partial charge on any atom is 0.314 e. The van der Waals surface area contributed by atoms with E-state index in [0.717, 1.165) is 5.56 Å². The molecule has 7 heteroatoms. The van der Waals surface area contributed by atoms with Crippen LogP contribution in [0.3, 0.4) is 0 Å². The maximum absolute atomic E-state index is 11.7. The van der Waals surface area contributed by atoms with E-state index in [1.54, 1.807) is 0 Å². The maximum atomic E-state index is 11.7. The fourth-order valence-electron chi connectivity index (χ4n) is 1.97. The van der Waals surface area contributed by atoms with Gasteiger partial charge in [0, 0.05) is 18.7 Å². The van der Waals surface area contributed by atoms with Crippen LogP contribution in [0.2, 0.25) is 0 Å². The Kier molecular flexibility index (Phi) is 6.31. The van der Waals surface area contributed by atoms with Crippen molar-refractivity contribution in [3.05, 3.63) is 36.2 Å². The largest absolute Gasteiger partial charge is 0.391 e. The summed E-state index contributed by atoms with van der Waals surface area (Å²) in [6, 6.07) is 9.23. The van der Waals surface area contributed by atoms with Crippen molar-refractivity contribution in [1.29, 1.82) is 0 Å². The van der Waals surface area contributed by atoms with E-state index in [9.17, 15) is 9.90 Å². The Morgan fingerprint density at radius 2 is 1.83 bits per heavy atom. The molecule has 2 amide bonds. The van der Waals surface area contributed by atoms with Gasteiger partial charge in [0.15, 0.2) is 0 Å². The van der Waals surface area contributed by atoms with Crippen LogP contribution in [0, 0.1) is 5.92 Å². The summed E-state index contributed by atoms with van der Waals surface area (Å²) in [6.45, 7) is 6.26. The molecule has 2 aromatic rings. The summed E-state index contributed by atoms with van der Waals surface area (Å²) in [5.41, 5.74) is 0.882. The van der Waals surface area contributed by atoms with Crippen LogP contribution in [-0.2, 0) is 0 Å². The quantitative estimate of drug-likeness (QED) is 0.721. The molecule has 0 aliphatic carbocycles. The Labute approximate surface area is 141 Å². The Morgan fingerprint density at radius 3 is 2.50 bits per heavy atom. The van der Waals surface area contributed by atoms with Crippen LogP contribution in [0.1, 0.15) is 32.6 Å². The predicted molar refractivity (Wildman–Crippen MR) is 90.4 cm³/mol. The number of aliphatic hydroxyl groups is 1. The predicted octanol–water partition coefficient (Wildman–Crippen LogP) is 2.16. The van der Waals surface area contributed by atoms with Crippen LogP contribution < -0.4 is 10.6 Å². The molecule has 3 N–H and O–H groups in total. The fraction of sp³-hybridized carbons (Fsp3) is 0.471. The van der Waals surface area contributed by atoms with Crippen molar-refractivity contribution in [2.75, 3.05) is 13.1 Å². The van der Waals surface area contributed by atoms with E-state index >= 15 is 0 Å². The van der Waals surface area contributed by atoms with E-state index in [4.69, 9.17) is 4.52 Å². The SMILES string of the molecule is CC(CNC(=O)NCC(O)C(C)C)c1nc(-c2ccccc2)no1. The molecule has 1 aromatic carbocycles. The normalized spacial score (nSPS) is 13.5. The fourth-order valence-corrected chi connectivity index (χ4v) is 1.97. The molecule has 2 rings (SSSR count). The van der Waals surface area contributed by atoms with Gasteiger partial charge in [0.05, 0.1) is 12.0 Å².